The van der Waals surface area contributed by atoms with Crippen LogP contribution in [-0.4, -0.2) is 16.1 Å². The number of carboxylic acid groups (broad SMARTS) is 1. The number of hydrogen-bond donors (Lipinski definition) is 1. The fraction of sp³-hybridized carbons (Fsp3) is 0. The van der Waals surface area contributed by atoms with Crippen molar-refractivity contribution in [3.63, 3.8) is 0 Å². The zero-order chi connectivity index (χ0) is 9.14. The highest BCUT2D eigenvalue weighted by Gasteiger charge is 2.08. The molecule has 0 saturated heterocycles. The van der Waals surface area contributed by atoms with Crippen LogP contribution in [0.4, 0.5) is 0 Å². The fourth-order valence-corrected chi connectivity index (χ4v) is 1.14. The molecule has 5 heteroatoms. The van der Waals surface area contributed by atoms with Crippen molar-refractivity contribution < 1.29 is 9.90 Å². The molecule has 0 saturated carbocycles. The maximum absolute atomic E-state index is 10.5. The van der Waals surface area contributed by atoms with Gasteiger partial charge in [0.25, 0.3) is 0 Å². The van der Waals surface area contributed by atoms with E-state index in [1.807, 2.05) is 0 Å². The van der Waals surface area contributed by atoms with Crippen molar-refractivity contribution in [1.82, 2.24) is 4.98 Å². The molecule has 0 aromatic carbocycles. The molecule has 0 fully saturated rings. The minimum Gasteiger partial charge on any atom is -0.478 e. The van der Waals surface area contributed by atoms with Crippen LogP contribution in [0.15, 0.2) is 16.7 Å². The van der Waals surface area contributed by atoms with E-state index < -0.39 is 5.97 Å². The maximum atomic E-state index is 10.5. The van der Waals surface area contributed by atoms with E-state index in [0.29, 0.717) is 4.47 Å². The average molecular weight is 227 g/mol. The summed E-state index contributed by atoms with van der Waals surface area (Å²) in [6.45, 7) is 0. The number of pyridine rings is 1. The first kappa shape index (κ1) is 8.68. The Labute approximate surface area is 76.6 Å². The zero-order valence-electron chi connectivity index (χ0n) is 5.78. The van der Waals surface area contributed by atoms with E-state index in [4.69, 9.17) is 10.4 Å². The van der Waals surface area contributed by atoms with E-state index in [1.165, 1.54) is 6.07 Å². The summed E-state index contributed by atoms with van der Waals surface area (Å²) in [5.41, 5.74) is 0.237. The van der Waals surface area contributed by atoms with Crippen molar-refractivity contribution in [2.75, 3.05) is 0 Å². The SMILES string of the molecule is N#Cc1cc(Br)c(C(=O)O)cn1. The Bertz CT molecular complexity index is 370. The lowest BCUT2D eigenvalue weighted by atomic mass is 10.2. The first-order valence-electron chi connectivity index (χ1n) is 2.94. The van der Waals surface area contributed by atoms with Gasteiger partial charge >= 0.3 is 5.97 Å². The molecule has 0 aliphatic carbocycles. The summed E-state index contributed by atoms with van der Waals surface area (Å²) in [4.78, 5) is 14.1. The largest absolute Gasteiger partial charge is 0.478 e. The summed E-state index contributed by atoms with van der Waals surface area (Å²) in [5.74, 6) is -1.07. The van der Waals surface area contributed by atoms with E-state index >= 15 is 0 Å². The smallest absolute Gasteiger partial charge is 0.338 e. The van der Waals surface area contributed by atoms with Gasteiger partial charge in [0.1, 0.15) is 11.8 Å². The zero-order valence-corrected chi connectivity index (χ0v) is 7.37. The Kier molecular flexibility index (Phi) is 2.41. The molecule has 0 aliphatic rings. The van der Waals surface area contributed by atoms with Gasteiger partial charge in [0.15, 0.2) is 0 Å². The fourth-order valence-electron chi connectivity index (χ4n) is 0.649. The summed E-state index contributed by atoms with van der Waals surface area (Å²) < 4.78 is 0.363. The van der Waals surface area contributed by atoms with Crippen LogP contribution in [0.3, 0.4) is 0 Å². The molecule has 60 valence electrons. The van der Waals surface area contributed by atoms with Gasteiger partial charge in [-0.25, -0.2) is 9.78 Å². The van der Waals surface area contributed by atoms with Crippen molar-refractivity contribution in [1.29, 1.82) is 5.26 Å². The molecule has 1 rings (SSSR count). The first-order chi connectivity index (χ1) is 5.65. The molecule has 0 radical (unpaired) electrons. The minimum absolute atomic E-state index is 0.0500. The molecule has 0 unspecified atom stereocenters. The lowest BCUT2D eigenvalue weighted by Gasteiger charge is -1.96. The monoisotopic (exact) mass is 226 g/mol. The molecule has 1 N–H and O–H groups in total. The van der Waals surface area contributed by atoms with Crippen molar-refractivity contribution in [2.45, 2.75) is 0 Å². The van der Waals surface area contributed by atoms with Gasteiger partial charge in [0, 0.05) is 10.7 Å². The standard InChI is InChI=1S/C7H3BrN2O2/c8-6-1-4(2-9)10-3-5(6)7(11)12/h1,3H,(H,11,12). The van der Waals surface area contributed by atoms with Crippen LogP contribution in [0.25, 0.3) is 0 Å². The number of hydrogen-bond acceptors (Lipinski definition) is 3. The normalized spacial score (nSPS) is 9.00. The van der Waals surface area contributed by atoms with E-state index in [2.05, 4.69) is 20.9 Å². The highest BCUT2D eigenvalue weighted by atomic mass is 79.9. The number of carbonyl (C=O) groups is 1. The van der Waals surface area contributed by atoms with Gasteiger partial charge in [-0.05, 0) is 22.0 Å². The molecule has 0 bridgehead atoms. The second-order valence-electron chi connectivity index (χ2n) is 1.97. The number of carboxylic acids is 1. The topological polar surface area (TPSA) is 74.0 Å². The van der Waals surface area contributed by atoms with E-state index in [0.717, 1.165) is 6.20 Å². The molecule has 4 nitrogen and oxygen atoms in total. The summed E-state index contributed by atoms with van der Waals surface area (Å²) in [6, 6.07) is 3.16. The number of aromatic nitrogens is 1. The van der Waals surface area contributed by atoms with Crippen LogP contribution in [0.2, 0.25) is 0 Å². The van der Waals surface area contributed by atoms with Crippen LogP contribution in [-0.2, 0) is 0 Å². The summed E-state index contributed by atoms with van der Waals surface area (Å²) in [6.07, 6.45) is 1.14. The lowest BCUT2D eigenvalue weighted by molar-refractivity contribution is 0.0695. The van der Waals surface area contributed by atoms with Gasteiger partial charge in [-0.3, -0.25) is 0 Å². The number of aromatic carboxylic acids is 1. The number of halogens is 1. The summed E-state index contributed by atoms with van der Waals surface area (Å²) in [7, 11) is 0. The molecule has 0 aliphatic heterocycles. The highest BCUT2D eigenvalue weighted by Crippen LogP contribution is 2.15. The molecular weight excluding hydrogens is 224 g/mol. The van der Waals surface area contributed by atoms with Gasteiger partial charge in [-0.1, -0.05) is 0 Å². The lowest BCUT2D eigenvalue weighted by Crippen LogP contribution is -1.99. The Hall–Kier alpha value is -1.41. The van der Waals surface area contributed by atoms with Gasteiger partial charge in [0.2, 0.25) is 0 Å². The van der Waals surface area contributed by atoms with Crippen LogP contribution < -0.4 is 0 Å². The highest BCUT2D eigenvalue weighted by molar-refractivity contribution is 9.10. The first-order valence-corrected chi connectivity index (χ1v) is 3.73. The second kappa shape index (κ2) is 3.32. The third kappa shape index (κ3) is 1.60. The quantitative estimate of drug-likeness (QED) is 0.786. The van der Waals surface area contributed by atoms with Crippen molar-refractivity contribution in [3.8, 4) is 6.07 Å². The van der Waals surface area contributed by atoms with E-state index in [1.54, 1.807) is 6.07 Å². The van der Waals surface area contributed by atoms with Crippen LogP contribution >= 0.6 is 15.9 Å². The van der Waals surface area contributed by atoms with Crippen molar-refractivity contribution in [2.24, 2.45) is 0 Å². The molecular formula is C7H3BrN2O2. The number of rotatable bonds is 1. The Morgan fingerprint density at radius 3 is 2.83 bits per heavy atom. The van der Waals surface area contributed by atoms with Crippen molar-refractivity contribution >= 4 is 21.9 Å². The minimum atomic E-state index is -1.07. The third-order valence-electron chi connectivity index (χ3n) is 1.20. The van der Waals surface area contributed by atoms with Gasteiger partial charge < -0.3 is 5.11 Å². The van der Waals surface area contributed by atoms with E-state index in [9.17, 15) is 4.79 Å². The molecule has 1 aromatic rings. The summed E-state index contributed by atoms with van der Waals surface area (Å²) in [5, 5.41) is 17.0. The molecule has 0 spiro atoms. The maximum Gasteiger partial charge on any atom is 0.338 e. The van der Waals surface area contributed by atoms with Gasteiger partial charge in [-0.2, -0.15) is 5.26 Å². The Morgan fingerprint density at radius 1 is 1.75 bits per heavy atom. The Morgan fingerprint density at radius 2 is 2.42 bits per heavy atom. The average Bonchev–Trinajstić information content (AvgIpc) is 2.03. The number of nitrogens with zero attached hydrogens (tertiary/aromatic N) is 2. The van der Waals surface area contributed by atoms with Crippen LogP contribution in [0.1, 0.15) is 16.1 Å². The Balaban J connectivity index is 3.23. The van der Waals surface area contributed by atoms with E-state index in [-0.39, 0.29) is 11.3 Å². The molecule has 0 atom stereocenters. The third-order valence-corrected chi connectivity index (χ3v) is 1.85. The number of nitriles is 1. The molecule has 1 heterocycles. The molecule has 12 heavy (non-hydrogen) atoms. The summed E-state index contributed by atoms with van der Waals surface area (Å²) >= 11 is 3.02. The van der Waals surface area contributed by atoms with Crippen LogP contribution in [0.5, 0.6) is 0 Å². The van der Waals surface area contributed by atoms with Crippen LogP contribution in [0, 0.1) is 11.3 Å². The van der Waals surface area contributed by atoms with Crippen molar-refractivity contribution in [3.05, 3.63) is 28.0 Å². The van der Waals surface area contributed by atoms with Gasteiger partial charge in [0.05, 0.1) is 5.56 Å². The van der Waals surface area contributed by atoms with Gasteiger partial charge in [-0.15, -0.1) is 0 Å². The molecule has 1 aromatic heterocycles. The second-order valence-corrected chi connectivity index (χ2v) is 2.82. The predicted molar refractivity (Wildman–Crippen MR) is 43.6 cm³/mol. The predicted octanol–water partition coefficient (Wildman–Crippen LogP) is 1.41. The molecule has 0 amide bonds.